The fourth-order valence-electron chi connectivity index (χ4n) is 2.65. The summed E-state index contributed by atoms with van der Waals surface area (Å²) in [4.78, 5) is 14.2. The lowest BCUT2D eigenvalue weighted by atomic mass is 10.0. The zero-order valence-electron chi connectivity index (χ0n) is 10.8. The molecule has 0 bridgehead atoms. The van der Waals surface area contributed by atoms with Crippen LogP contribution in [0.3, 0.4) is 0 Å². The second-order valence-corrected chi connectivity index (χ2v) is 4.90. The first-order valence-corrected chi connectivity index (χ1v) is 6.87. The van der Waals surface area contributed by atoms with Gasteiger partial charge in [0.15, 0.2) is 0 Å². The number of likely N-dealkylation sites (tertiary alicyclic amines) is 1. The Morgan fingerprint density at radius 2 is 2.06 bits per heavy atom. The molecule has 1 atom stereocenters. The van der Waals surface area contributed by atoms with Crippen LogP contribution < -0.4 is 5.73 Å². The Morgan fingerprint density at radius 3 is 2.78 bits per heavy atom. The monoisotopic (exact) mass is 246 g/mol. The van der Waals surface area contributed by atoms with Crippen LogP contribution in [0.15, 0.2) is 30.3 Å². The van der Waals surface area contributed by atoms with Crippen LogP contribution in [0.4, 0.5) is 0 Å². The number of nitrogens with zero attached hydrogens (tertiary/aromatic N) is 1. The summed E-state index contributed by atoms with van der Waals surface area (Å²) in [5, 5.41) is 0. The van der Waals surface area contributed by atoms with Gasteiger partial charge < -0.3 is 10.6 Å². The maximum atomic E-state index is 12.2. The van der Waals surface area contributed by atoms with Crippen LogP contribution in [0.2, 0.25) is 0 Å². The zero-order valence-corrected chi connectivity index (χ0v) is 10.8. The first-order valence-electron chi connectivity index (χ1n) is 6.87. The van der Waals surface area contributed by atoms with Crippen molar-refractivity contribution in [3.63, 3.8) is 0 Å². The number of nitrogens with two attached hydrogens (primary N) is 1. The van der Waals surface area contributed by atoms with Gasteiger partial charge >= 0.3 is 0 Å². The van der Waals surface area contributed by atoms with Gasteiger partial charge in [-0.25, -0.2) is 0 Å². The Bertz CT molecular complexity index is 377. The summed E-state index contributed by atoms with van der Waals surface area (Å²) in [5.74, 6) is 0.287. The van der Waals surface area contributed by atoms with Crippen molar-refractivity contribution in [2.45, 2.75) is 38.1 Å². The average molecular weight is 246 g/mol. The van der Waals surface area contributed by atoms with Gasteiger partial charge in [-0.2, -0.15) is 0 Å². The Balaban J connectivity index is 1.97. The number of hydrogen-bond donors (Lipinski definition) is 1. The largest absolute Gasteiger partial charge is 0.336 e. The summed E-state index contributed by atoms with van der Waals surface area (Å²) in [6.45, 7) is 1.58. The molecule has 1 aliphatic rings. The van der Waals surface area contributed by atoms with Crippen LogP contribution in [0.5, 0.6) is 0 Å². The van der Waals surface area contributed by atoms with E-state index >= 15 is 0 Å². The summed E-state index contributed by atoms with van der Waals surface area (Å²) >= 11 is 0. The summed E-state index contributed by atoms with van der Waals surface area (Å²) < 4.78 is 0. The molecule has 1 amide bonds. The predicted octanol–water partition coefficient (Wildman–Crippen LogP) is 2.48. The molecule has 2 N–H and O–H groups in total. The second-order valence-electron chi connectivity index (χ2n) is 4.90. The van der Waals surface area contributed by atoms with Crippen LogP contribution in [0.25, 0.3) is 0 Å². The standard InChI is InChI=1S/C15H22N2O/c16-11-5-4-10-15(18)17-12-6-9-14(17)13-7-2-1-3-8-13/h1-3,7-8,14H,4-6,9-12,16H2. The minimum absolute atomic E-state index is 0.287. The fourth-order valence-corrected chi connectivity index (χ4v) is 2.65. The summed E-state index contributed by atoms with van der Waals surface area (Å²) in [6, 6.07) is 10.6. The smallest absolute Gasteiger partial charge is 0.223 e. The molecular formula is C15H22N2O. The Hall–Kier alpha value is -1.35. The van der Waals surface area contributed by atoms with Crippen molar-refractivity contribution in [2.24, 2.45) is 5.73 Å². The van der Waals surface area contributed by atoms with Crippen LogP contribution >= 0.6 is 0 Å². The maximum absolute atomic E-state index is 12.2. The van der Waals surface area contributed by atoms with Gasteiger partial charge in [0.2, 0.25) is 5.91 Å². The Labute approximate surface area is 109 Å². The molecule has 1 unspecified atom stereocenters. The molecule has 3 nitrogen and oxygen atoms in total. The minimum atomic E-state index is 0.287. The summed E-state index contributed by atoms with van der Waals surface area (Å²) in [5.41, 5.74) is 6.73. The topological polar surface area (TPSA) is 46.3 Å². The Kier molecular flexibility index (Phi) is 4.76. The molecule has 1 heterocycles. The van der Waals surface area contributed by atoms with Crippen molar-refractivity contribution in [3.8, 4) is 0 Å². The van der Waals surface area contributed by atoms with E-state index in [-0.39, 0.29) is 11.9 Å². The predicted molar refractivity (Wildman–Crippen MR) is 73.0 cm³/mol. The normalized spacial score (nSPS) is 19.2. The van der Waals surface area contributed by atoms with Gasteiger partial charge in [0, 0.05) is 13.0 Å². The summed E-state index contributed by atoms with van der Waals surface area (Å²) in [7, 11) is 0. The highest BCUT2D eigenvalue weighted by Gasteiger charge is 2.28. The number of hydrogen-bond acceptors (Lipinski definition) is 2. The molecule has 1 fully saturated rings. The van der Waals surface area contributed by atoms with Crippen molar-refractivity contribution in [3.05, 3.63) is 35.9 Å². The van der Waals surface area contributed by atoms with Crippen LogP contribution in [-0.4, -0.2) is 23.9 Å². The third-order valence-corrected chi connectivity index (χ3v) is 3.60. The van der Waals surface area contributed by atoms with Crippen molar-refractivity contribution in [1.82, 2.24) is 4.90 Å². The van der Waals surface area contributed by atoms with Crippen LogP contribution in [-0.2, 0) is 4.79 Å². The second kappa shape index (κ2) is 6.55. The lowest BCUT2D eigenvalue weighted by Gasteiger charge is -2.25. The molecule has 1 aromatic carbocycles. The van der Waals surface area contributed by atoms with Gasteiger partial charge in [-0.15, -0.1) is 0 Å². The van der Waals surface area contributed by atoms with E-state index in [2.05, 4.69) is 12.1 Å². The summed E-state index contributed by atoms with van der Waals surface area (Å²) in [6.07, 6.45) is 4.69. The zero-order chi connectivity index (χ0) is 12.8. The van der Waals surface area contributed by atoms with E-state index in [9.17, 15) is 4.79 Å². The number of carbonyl (C=O) groups is 1. The molecule has 98 valence electrons. The fraction of sp³-hybridized carbons (Fsp3) is 0.533. The third kappa shape index (κ3) is 3.10. The number of benzene rings is 1. The van der Waals surface area contributed by atoms with E-state index in [1.165, 1.54) is 5.56 Å². The van der Waals surface area contributed by atoms with E-state index < -0.39 is 0 Å². The highest BCUT2D eigenvalue weighted by atomic mass is 16.2. The number of amides is 1. The van der Waals surface area contributed by atoms with E-state index in [0.29, 0.717) is 13.0 Å². The first-order chi connectivity index (χ1) is 8.83. The van der Waals surface area contributed by atoms with Gasteiger partial charge in [-0.3, -0.25) is 4.79 Å². The average Bonchev–Trinajstić information content (AvgIpc) is 2.89. The van der Waals surface area contributed by atoms with Crippen molar-refractivity contribution >= 4 is 5.91 Å². The molecule has 1 aromatic rings. The number of rotatable bonds is 5. The minimum Gasteiger partial charge on any atom is -0.336 e. The SMILES string of the molecule is NCCCCC(=O)N1CCCC1c1ccccc1. The number of unbranched alkanes of at least 4 members (excludes halogenated alkanes) is 1. The molecule has 0 radical (unpaired) electrons. The molecule has 2 rings (SSSR count). The molecule has 0 spiro atoms. The van der Waals surface area contributed by atoms with Gasteiger partial charge in [-0.1, -0.05) is 30.3 Å². The molecule has 1 saturated heterocycles. The van der Waals surface area contributed by atoms with Crippen molar-refractivity contribution in [1.29, 1.82) is 0 Å². The van der Waals surface area contributed by atoms with Gasteiger partial charge in [-0.05, 0) is 37.8 Å². The van der Waals surface area contributed by atoms with E-state index in [4.69, 9.17) is 5.73 Å². The molecule has 1 aliphatic heterocycles. The van der Waals surface area contributed by atoms with E-state index in [1.54, 1.807) is 0 Å². The van der Waals surface area contributed by atoms with Gasteiger partial charge in [0.1, 0.15) is 0 Å². The molecule has 0 aliphatic carbocycles. The molecular weight excluding hydrogens is 224 g/mol. The third-order valence-electron chi connectivity index (χ3n) is 3.60. The Morgan fingerprint density at radius 1 is 1.28 bits per heavy atom. The highest BCUT2D eigenvalue weighted by molar-refractivity contribution is 5.77. The van der Waals surface area contributed by atoms with Gasteiger partial charge in [0.25, 0.3) is 0 Å². The quantitative estimate of drug-likeness (QED) is 0.811. The molecule has 0 aromatic heterocycles. The highest BCUT2D eigenvalue weighted by Crippen LogP contribution is 2.32. The van der Waals surface area contributed by atoms with Crippen molar-refractivity contribution in [2.75, 3.05) is 13.1 Å². The van der Waals surface area contributed by atoms with E-state index in [1.807, 2.05) is 23.1 Å². The molecule has 18 heavy (non-hydrogen) atoms. The van der Waals surface area contributed by atoms with Crippen LogP contribution in [0, 0.1) is 0 Å². The van der Waals surface area contributed by atoms with Gasteiger partial charge in [0.05, 0.1) is 6.04 Å². The first kappa shape index (κ1) is 13.1. The molecule has 3 heteroatoms. The maximum Gasteiger partial charge on any atom is 0.223 e. The molecule has 0 saturated carbocycles. The van der Waals surface area contributed by atoms with Crippen LogP contribution in [0.1, 0.15) is 43.7 Å². The lowest BCUT2D eigenvalue weighted by molar-refractivity contribution is -0.132. The van der Waals surface area contributed by atoms with Crippen molar-refractivity contribution < 1.29 is 4.79 Å². The van der Waals surface area contributed by atoms with E-state index in [0.717, 1.165) is 32.2 Å². The number of carbonyl (C=O) groups excluding carboxylic acids is 1. The lowest BCUT2D eigenvalue weighted by Crippen LogP contribution is -2.30.